The number of benzene rings is 1. The Morgan fingerprint density at radius 1 is 1.09 bits per heavy atom. The van der Waals surface area contributed by atoms with Crippen molar-refractivity contribution in [2.24, 2.45) is 11.8 Å². The molecule has 2 fully saturated rings. The van der Waals surface area contributed by atoms with Gasteiger partial charge in [0, 0.05) is 36.1 Å². The van der Waals surface area contributed by atoms with E-state index in [0.717, 1.165) is 43.3 Å². The third-order valence-corrected chi connectivity index (χ3v) is 7.40. The first kappa shape index (κ1) is 23.5. The van der Waals surface area contributed by atoms with Gasteiger partial charge in [-0.05, 0) is 61.0 Å². The van der Waals surface area contributed by atoms with Gasteiger partial charge in [0.15, 0.2) is 5.11 Å². The van der Waals surface area contributed by atoms with Crippen molar-refractivity contribution in [1.82, 2.24) is 15.3 Å². The van der Waals surface area contributed by atoms with Crippen molar-refractivity contribution >= 4 is 52.3 Å². The van der Waals surface area contributed by atoms with Crippen LogP contribution in [0.4, 0.5) is 11.8 Å². The van der Waals surface area contributed by atoms with Crippen LogP contribution in [0.1, 0.15) is 51.5 Å². The number of rotatable bonds is 5. The average Bonchev–Trinajstić information content (AvgIpc) is 3.22. The van der Waals surface area contributed by atoms with Gasteiger partial charge in [0.1, 0.15) is 11.0 Å². The van der Waals surface area contributed by atoms with Crippen LogP contribution >= 0.6 is 35.4 Å². The highest BCUT2D eigenvalue weighted by molar-refractivity contribution is 7.80. The maximum Gasteiger partial charge on any atom is 0.232 e. The van der Waals surface area contributed by atoms with Gasteiger partial charge in [0.05, 0.1) is 0 Å². The van der Waals surface area contributed by atoms with Crippen molar-refractivity contribution < 1.29 is 0 Å². The standard InChI is InChI=1S/C24H31Cl2N5S/c1-16-11-17(2)14-31(13-16)21-12-20(26)28-22(29-21)30-23(32)27-15-24(9-3-4-10-24)18-5-7-19(25)8-6-18/h5-8,12,16-17H,3-4,9-11,13-15H2,1-2H3,(H2,27,28,29,30,32)/t16-,17-/m0/s1. The molecule has 0 spiro atoms. The predicted molar refractivity (Wildman–Crippen MR) is 138 cm³/mol. The molecule has 0 amide bonds. The number of hydrogen-bond acceptors (Lipinski definition) is 4. The molecule has 1 aliphatic carbocycles. The molecule has 2 atom stereocenters. The zero-order valence-electron chi connectivity index (χ0n) is 18.7. The van der Waals surface area contributed by atoms with E-state index >= 15 is 0 Å². The van der Waals surface area contributed by atoms with Gasteiger partial charge >= 0.3 is 0 Å². The number of anilines is 2. The fourth-order valence-electron chi connectivity index (χ4n) is 5.29. The minimum Gasteiger partial charge on any atom is -0.361 e. The van der Waals surface area contributed by atoms with Crippen LogP contribution in [0, 0.1) is 11.8 Å². The van der Waals surface area contributed by atoms with E-state index in [1.807, 2.05) is 18.2 Å². The van der Waals surface area contributed by atoms with E-state index < -0.39 is 0 Å². The number of thiocarbonyl (C=S) groups is 1. The summed E-state index contributed by atoms with van der Waals surface area (Å²) in [5.74, 6) is 2.54. The SMILES string of the molecule is C[C@H]1C[C@H](C)CN(c2cc(Cl)nc(NC(=S)NCC3(c4ccc(Cl)cc4)CCCC3)n2)C1. The maximum absolute atomic E-state index is 6.33. The number of halogens is 2. The summed E-state index contributed by atoms with van der Waals surface area (Å²) < 4.78 is 0. The van der Waals surface area contributed by atoms with Crippen molar-refractivity contribution in [3.8, 4) is 0 Å². The van der Waals surface area contributed by atoms with Crippen LogP contribution < -0.4 is 15.5 Å². The third kappa shape index (κ3) is 5.64. The first-order chi connectivity index (χ1) is 15.3. The molecule has 0 bridgehead atoms. The Hall–Kier alpha value is -1.63. The monoisotopic (exact) mass is 491 g/mol. The molecule has 1 aromatic carbocycles. The summed E-state index contributed by atoms with van der Waals surface area (Å²) in [6.07, 6.45) is 5.94. The molecule has 2 aliphatic rings. The molecule has 1 aliphatic heterocycles. The molecular formula is C24H31Cl2N5S. The van der Waals surface area contributed by atoms with E-state index in [2.05, 4.69) is 46.5 Å². The van der Waals surface area contributed by atoms with Gasteiger partial charge in [0.2, 0.25) is 5.95 Å². The van der Waals surface area contributed by atoms with Crippen LogP contribution in [-0.4, -0.2) is 34.7 Å². The van der Waals surface area contributed by atoms with Crippen molar-refractivity contribution in [3.05, 3.63) is 46.1 Å². The quantitative estimate of drug-likeness (QED) is 0.391. The highest BCUT2D eigenvalue weighted by atomic mass is 35.5. The molecule has 32 heavy (non-hydrogen) atoms. The van der Waals surface area contributed by atoms with Gasteiger partial charge in [-0.3, -0.25) is 0 Å². The number of nitrogens with one attached hydrogen (secondary N) is 2. The normalized spacial score (nSPS) is 22.6. The highest BCUT2D eigenvalue weighted by Crippen LogP contribution is 2.41. The summed E-state index contributed by atoms with van der Waals surface area (Å²) in [6.45, 7) is 7.27. The summed E-state index contributed by atoms with van der Waals surface area (Å²) in [4.78, 5) is 11.3. The van der Waals surface area contributed by atoms with Gasteiger partial charge in [-0.2, -0.15) is 4.98 Å². The Bertz CT molecular complexity index is 936. The first-order valence-electron chi connectivity index (χ1n) is 11.4. The number of nitrogens with zero attached hydrogens (tertiary/aromatic N) is 3. The number of hydrogen-bond donors (Lipinski definition) is 2. The Kier molecular flexibility index (Phi) is 7.43. The lowest BCUT2D eigenvalue weighted by Gasteiger charge is -2.35. The van der Waals surface area contributed by atoms with E-state index in [1.165, 1.54) is 24.8 Å². The van der Waals surface area contributed by atoms with E-state index in [4.69, 9.17) is 40.4 Å². The van der Waals surface area contributed by atoms with Gasteiger partial charge in [-0.15, -0.1) is 0 Å². The summed E-state index contributed by atoms with van der Waals surface area (Å²) in [5.41, 5.74) is 1.38. The van der Waals surface area contributed by atoms with E-state index in [0.29, 0.717) is 28.0 Å². The molecule has 4 rings (SSSR count). The smallest absolute Gasteiger partial charge is 0.232 e. The minimum absolute atomic E-state index is 0.0662. The van der Waals surface area contributed by atoms with Crippen molar-refractivity contribution in [2.45, 2.75) is 51.4 Å². The lowest BCUT2D eigenvalue weighted by Crippen LogP contribution is -2.41. The van der Waals surface area contributed by atoms with Gasteiger partial charge in [0.25, 0.3) is 0 Å². The van der Waals surface area contributed by atoms with Crippen molar-refractivity contribution in [1.29, 1.82) is 0 Å². The van der Waals surface area contributed by atoms with Crippen LogP contribution in [0.2, 0.25) is 10.2 Å². The second kappa shape index (κ2) is 10.1. The molecule has 1 saturated heterocycles. The van der Waals surface area contributed by atoms with Crippen LogP contribution in [0.15, 0.2) is 30.3 Å². The van der Waals surface area contributed by atoms with Gasteiger partial charge < -0.3 is 15.5 Å². The maximum atomic E-state index is 6.33. The van der Waals surface area contributed by atoms with Crippen molar-refractivity contribution in [3.63, 3.8) is 0 Å². The molecule has 2 aromatic rings. The van der Waals surface area contributed by atoms with Crippen LogP contribution in [0.3, 0.4) is 0 Å². The molecule has 0 radical (unpaired) electrons. The second-order valence-electron chi connectivity index (χ2n) is 9.53. The van der Waals surface area contributed by atoms with E-state index in [-0.39, 0.29) is 5.41 Å². The Balaban J connectivity index is 1.42. The summed E-state index contributed by atoms with van der Waals surface area (Å²) in [5, 5.41) is 8.25. The molecule has 1 saturated carbocycles. The topological polar surface area (TPSA) is 53.1 Å². The van der Waals surface area contributed by atoms with Crippen LogP contribution in [0.5, 0.6) is 0 Å². The fourth-order valence-corrected chi connectivity index (χ4v) is 5.76. The number of aromatic nitrogens is 2. The largest absolute Gasteiger partial charge is 0.361 e. The highest BCUT2D eigenvalue weighted by Gasteiger charge is 2.35. The molecular weight excluding hydrogens is 461 g/mol. The molecule has 1 aromatic heterocycles. The van der Waals surface area contributed by atoms with Gasteiger partial charge in [-0.1, -0.05) is 62.0 Å². The lowest BCUT2D eigenvalue weighted by atomic mass is 9.79. The molecule has 2 N–H and O–H groups in total. The molecule has 8 heteroatoms. The zero-order valence-corrected chi connectivity index (χ0v) is 21.0. The fraction of sp³-hybridized carbons (Fsp3) is 0.542. The summed E-state index contributed by atoms with van der Waals surface area (Å²) in [6, 6.07) is 10.0. The predicted octanol–water partition coefficient (Wildman–Crippen LogP) is 6.06. The summed E-state index contributed by atoms with van der Waals surface area (Å²) in [7, 11) is 0. The molecule has 172 valence electrons. The molecule has 5 nitrogen and oxygen atoms in total. The number of piperidine rings is 1. The summed E-state index contributed by atoms with van der Waals surface area (Å²) >= 11 is 18.0. The Morgan fingerprint density at radius 3 is 2.41 bits per heavy atom. The molecule has 2 heterocycles. The third-order valence-electron chi connectivity index (χ3n) is 6.70. The van der Waals surface area contributed by atoms with E-state index in [9.17, 15) is 0 Å². The van der Waals surface area contributed by atoms with Crippen LogP contribution in [-0.2, 0) is 5.41 Å². The Morgan fingerprint density at radius 2 is 1.75 bits per heavy atom. The Labute approximate surface area is 206 Å². The average molecular weight is 493 g/mol. The molecule has 0 unspecified atom stereocenters. The van der Waals surface area contributed by atoms with Crippen LogP contribution in [0.25, 0.3) is 0 Å². The minimum atomic E-state index is 0.0662. The van der Waals surface area contributed by atoms with Crippen molar-refractivity contribution in [2.75, 3.05) is 29.9 Å². The van der Waals surface area contributed by atoms with Gasteiger partial charge in [-0.25, -0.2) is 4.98 Å². The second-order valence-corrected chi connectivity index (χ2v) is 10.8. The first-order valence-corrected chi connectivity index (χ1v) is 12.6. The van der Waals surface area contributed by atoms with E-state index in [1.54, 1.807) is 0 Å². The zero-order chi connectivity index (χ0) is 22.7. The lowest BCUT2D eigenvalue weighted by molar-refractivity contribution is 0.355.